The Morgan fingerprint density at radius 1 is 0.667 bits per heavy atom. The lowest BCUT2D eigenvalue weighted by Crippen LogP contribution is -1.99. The molecule has 42 heavy (non-hydrogen) atoms. The van der Waals surface area contributed by atoms with Gasteiger partial charge in [-0.05, 0) is 72.1 Å². The fourth-order valence-electron chi connectivity index (χ4n) is 4.16. The maximum absolute atomic E-state index is 12.1. The summed E-state index contributed by atoms with van der Waals surface area (Å²) in [4.78, 5) is 22.1. The normalized spacial score (nSPS) is 12.0. The Bertz CT molecular complexity index is 2090. The minimum absolute atomic E-state index is 0.0772. The van der Waals surface area contributed by atoms with Crippen molar-refractivity contribution in [2.45, 2.75) is 4.90 Å². The molecule has 0 aromatic heterocycles. The number of carboxylic acid groups (broad SMARTS) is 2. The predicted molar refractivity (Wildman–Crippen MR) is 153 cm³/mol. The van der Waals surface area contributed by atoms with Crippen LogP contribution in [0.15, 0.2) is 104 Å². The molecule has 0 amide bonds. The summed E-state index contributed by atoms with van der Waals surface area (Å²) in [5, 5.41) is 46.9. The molecule has 5 rings (SSSR count). The summed E-state index contributed by atoms with van der Waals surface area (Å²) >= 11 is 0. The molecule has 5 aromatic rings. The molecule has 6 N–H and O–H groups in total. The third-order valence-corrected chi connectivity index (χ3v) is 7.08. The second-order valence-corrected chi connectivity index (χ2v) is 10.3. The number of rotatable bonds is 7. The molecule has 5 aromatic carbocycles. The first-order chi connectivity index (χ1) is 19.9. The Labute approximate surface area is 236 Å². The van der Waals surface area contributed by atoms with E-state index in [-0.39, 0.29) is 38.7 Å². The van der Waals surface area contributed by atoms with Crippen molar-refractivity contribution in [3.63, 3.8) is 0 Å². The number of phenolic OH excluding ortho intramolecular Hbond substituents is 1. The van der Waals surface area contributed by atoms with E-state index in [4.69, 9.17) is 10.8 Å². The van der Waals surface area contributed by atoms with Gasteiger partial charge in [-0.3, -0.25) is 4.55 Å². The molecule has 0 unspecified atom stereocenters. The Kier molecular flexibility index (Phi) is 7.08. The third-order valence-electron chi connectivity index (χ3n) is 6.22. The van der Waals surface area contributed by atoms with E-state index in [0.29, 0.717) is 16.8 Å². The number of nitrogen functional groups attached to an aromatic ring is 1. The molecule has 14 heteroatoms. The molecule has 0 aliphatic rings. The number of nitrogens with two attached hydrogens (primary N) is 1. The lowest BCUT2D eigenvalue weighted by Gasteiger charge is -2.10. The van der Waals surface area contributed by atoms with Gasteiger partial charge in [-0.1, -0.05) is 12.1 Å². The van der Waals surface area contributed by atoms with E-state index in [1.54, 1.807) is 0 Å². The van der Waals surface area contributed by atoms with Crippen molar-refractivity contribution in [2.24, 2.45) is 20.5 Å². The van der Waals surface area contributed by atoms with Crippen molar-refractivity contribution < 1.29 is 37.9 Å². The summed E-state index contributed by atoms with van der Waals surface area (Å²) < 4.78 is 34.1. The number of carboxylic acids is 2. The van der Waals surface area contributed by atoms with Crippen LogP contribution < -0.4 is 5.73 Å². The number of benzene rings is 5. The zero-order valence-corrected chi connectivity index (χ0v) is 22.0. The molecule has 210 valence electrons. The molecule has 0 saturated heterocycles. The average molecular weight is 586 g/mol. The van der Waals surface area contributed by atoms with E-state index in [1.165, 1.54) is 72.8 Å². The van der Waals surface area contributed by atoms with Crippen molar-refractivity contribution >= 4 is 72.0 Å². The highest BCUT2D eigenvalue weighted by molar-refractivity contribution is 7.86. The third kappa shape index (κ3) is 5.47. The van der Waals surface area contributed by atoms with Gasteiger partial charge in [0.25, 0.3) is 10.1 Å². The summed E-state index contributed by atoms with van der Waals surface area (Å²) in [5.41, 5.74) is 6.30. The zero-order chi connectivity index (χ0) is 30.2. The fourth-order valence-corrected chi connectivity index (χ4v) is 4.82. The van der Waals surface area contributed by atoms with E-state index >= 15 is 0 Å². The van der Waals surface area contributed by atoms with Crippen molar-refractivity contribution in [1.29, 1.82) is 0 Å². The molecule has 0 aliphatic carbocycles. The molecular formula is C28H19N5O8S. The molecule has 0 radical (unpaired) electrons. The largest absolute Gasteiger partial charge is 0.505 e. The highest BCUT2D eigenvalue weighted by Crippen LogP contribution is 2.43. The number of carbonyl (C=O) groups is 2. The van der Waals surface area contributed by atoms with Crippen molar-refractivity contribution in [3.8, 4) is 5.75 Å². The lowest BCUT2D eigenvalue weighted by atomic mass is 10.0. The minimum Gasteiger partial charge on any atom is -0.505 e. The van der Waals surface area contributed by atoms with Gasteiger partial charge in [-0.15, -0.1) is 15.3 Å². The van der Waals surface area contributed by atoms with Crippen LogP contribution in [0, 0.1) is 0 Å². The van der Waals surface area contributed by atoms with Crippen LogP contribution in [0.5, 0.6) is 5.75 Å². The molecule has 13 nitrogen and oxygen atoms in total. The van der Waals surface area contributed by atoms with Gasteiger partial charge >= 0.3 is 11.9 Å². The fraction of sp³-hybridized carbons (Fsp3) is 0. The Hall–Kier alpha value is -5.73. The molecule has 0 aliphatic heterocycles. The standard InChI is InChI=1S/C28H19N5O8S/c29-17-5-1-15-12-24(42(39,40)41)25(26(34)20(15)13-17)33-32-23-10-9-22(19-8-4-16(28(37)38)11-21(19)23)31-30-18-6-2-14(3-7-18)27(35)36/h1-13,34H,29H2,(H,35,36)(H,37,38)(H,39,40,41). The van der Waals surface area contributed by atoms with Crippen molar-refractivity contribution in [3.05, 3.63) is 90.0 Å². The summed E-state index contributed by atoms with van der Waals surface area (Å²) in [6.45, 7) is 0. The smallest absolute Gasteiger partial charge is 0.335 e. The minimum atomic E-state index is -4.85. The highest BCUT2D eigenvalue weighted by Gasteiger charge is 2.22. The predicted octanol–water partition coefficient (Wildman–Crippen LogP) is 6.75. The van der Waals surface area contributed by atoms with Crippen LogP contribution in [-0.2, 0) is 10.1 Å². The molecule has 0 bridgehead atoms. The maximum atomic E-state index is 12.1. The molecule has 0 atom stereocenters. The van der Waals surface area contributed by atoms with E-state index in [1.807, 2.05) is 0 Å². The van der Waals surface area contributed by atoms with E-state index < -0.39 is 38.4 Å². The molecule has 0 spiro atoms. The second-order valence-electron chi connectivity index (χ2n) is 8.95. The number of hydrogen-bond acceptors (Lipinski definition) is 10. The van der Waals surface area contributed by atoms with Gasteiger partial charge in [0.15, 0.2) is 5.75 Å². The van der Waals surface area contributed by atoms with Gasteiger partial charge in [0.05, 0.1) is 28.2 Å². The van der Waals surface area contributed by atoms with Gasteiger partial charge in [-0.25, -0.2) is 9.59 Å². The number of aromatic hydroxyl groups is 1. The summed E-state index contributed by atoms with van der Waals surface area (Å²) in [6.07, 6.45) is 0. The van der Waals surface area contributed by atoms with Gasteiger partial charge in [0.1, 0.15) is 10.6 Å². The monoisotopic (exact) mass is 585 g/mol. The maximum Gasteiger partial charge on any atom is 0.335 e. The Balaban J connectivity index is 1.64. The van der Waals surface area contributed by atoms with E-state index in [0.717, 1.165) is 6.07 Å². The van der Waals surface area contributed by atoms with E-state index in [9.17, 15) is 32.8 Å². The average Bonchev–Trinajstić information content (AvgIpc) is 2.95. The number of phenols is 1. The number of nitrogens with zero attached hydrogens (tertiary/aromatic N) is 4. The zero-order valence-electron chi connectivity index (χ0n) is 21.2. The number of fused-ring (bicyclic) bond motifs is 2. The summed E-state index contributed by atoms with van der Waals surface area (Å²) in [5.74, 6) is -2.90. The van der Waals surface area contributed by atoms with Crippen LogP contribution in [0.1, 0.15) is 20.7 Å². The first-order valence-electron chi connectivity index (χ1n) is 11.9. The molecule has 0 saturated carbocycles. The molecule has 0 heterocycles. The SMILES string of the molecule is Nc1ccc2cc(S(=O)(=O)O)c(N=Nc3ccc(N=Nc4ccc(C(=O)O)cc4)c4ccc(C(=O)O)cc34)c(O)c2c1. The van der Waals surface area contributed by atoms with Crippen LogP contribution in [-0.4, -0.2) is 40.2 Å². The quantitative estimate of drug-likeness (QED) is 0.0771. The van der Waals surface area contributed by atoms with Crippen molar-refractivity contribution in [1.82, 2.24) is 0 Å². The topological polar surface area (TPSA) is 225 Å². The van der Waals surface area contributed by atoms with Gasteiger partial charge in [0, 0.05) is 21.8 Å². The van der Waals surface area contributed by atoms with E-state index in [2.05, 4.69) is 20.5 Å². The van der Waals surface area contributed by atoms with Crippen LogP contribution in [0.2, 0.25) is 0 Å². The second kappa shape index (κ2) is 10.7. The van der Waals surface area contributed by atoms with Gasteiger partial charge in [-0.2, -0.15) is 13.5 Å². The van der Waals surface area contributed by atoms with Crippen LogP contribution in [0.3, 0.4) is 0 Å². The van der Waals surface area contributed by atoms with Crippen molar-refractivity contribution in [2.75, 3.05) is 5.73 Å². The lowest BCUT2D eigenvalue weighted by molar-refractivity contribution is 0.0686. The molecular weight excluding hydrogens is 566 g/mol. The first-order valence-corrected chi connectivity index (χ1v) is 13.4. The Morgan fingerprint density at radius 2 is 1.29 bits per heavy atom. The first kappa shape index (κ1) is 27.8. The molecule has 0 fully saturated rings. The number of hydrogen-bond donors (Lipinski definition) is 5. The van der Waals surface area contributed by atoms with Crippen LogP contribution in [0.4, 0.5) is 28.4 Å². The van der Waals surface area contributed by atoms with Gasteiger partial charge < -0.3 is 21.1 Å². The van der Waals surface area contributed by atoms with Gasteiger partial charge in [0.2, 0.25) is 0 Å². The number of azo groups is 2. The van der Waals surface area contributed by atoms with Crippen LogP contribution in [0.25, 0.3) is 21.5 Å². The highest BCUT2D eigenvalue weighted by atomic mass is 32.2. The van der Waals surface area contributed by atoms with Crippen LogP contribution >= 0.6 is 0 Å². The number of anilines is 1. The Morgan fingerprint density at radius 3 is 1.93 bits per heavy atom. The number of aromatic carboxylic acids is 2. The summed E-state index contributed by atoms with van der Waals surface area (Å²) in [6, 6.07) is 18.3. The summed E-state index contributed by atoms with van der Waals surface area (Å²) in [7, 11) is -4.85.